The molecule has 23 heavy (non-hydrogen) atoms. The Morgan fingerprint density at radius 3 is 2.83 bits per heavy atom. The molecular weight excluding hydrogens is 286 g/mol. The second-order valence-electron chi connectivity index (χ2n) is 7.42. The van der Waals surface area contributed by atoms with Gasteiger partial charge in [-0.1, -0.05) is 6.92 Å². The standard InChI is InChI=1S/C18H21N5/c1-10-8-18(10,19)15-4-3-14-17(22-15)13-7-12(13)9-23(14)16-5-6-20-11(2)21-16/h3-6,10,12-13H,7-9,19H2,1-2H3. The molecule has 5 heteroatoms. The average molecular weight is 307 g/mol. The van der Waals surface area contributed by atoms with E-state index in [2.05, 4.69) is 33.9 Å². The normalized spacial score (nSPS) is 33.9. The van der Waals surface area contributed by atoms with Crippen LogP contribution in [0, 0.1) is 18.8 Å². The van der Waals surface area contributed by atoms with Crippen LogP contribution in [0.3, 0.4) is 0 Å². The Morgan fingerprint density at radius 2 is 2.09 bits per heavy atom. The van der Waals surface area contributed by atoms with Crippen LogP contribution in [0.2, 0.25) is 0 Å². The summed E-state index contributed by atoms with van der Waals surface area (Å²) in [5.74, 6) is 3.63. The van der Waals surface area contributed by atoms with Crippen LogP contribution in [0.25, 0.3) is 0 Å². The summed E-state index contributed by atoms with van der Waals surface area (Å²) in [6, 6.07) is 6.30. The second kappa shape index (κ2) is 4.29. The van der Waals surface area contributed by atoms with Crippen LogP contribution in [0.1, 0.15) is 42.9 Å². The lowest BCUT2D eigenvalue weighted by Gasteiger charge is -2.30. The molecule has 2 fully saturated rings. The summed E-state index contributed by atoms with van der Waals surface area (Å²) in [7, 11) is 0. The van der Waals surface area contributed by atoms with Gasteiger partial charge < -0.3 is 10.6 Å². The van der Waals surface area contributed by atoms with Crippen molar-refractivity contribution >= 4 is 11.5 Å². The largest absolute Gasteiger partial charge is 0.324 e. The van der Waals surface area contributed by atoms with E-state index in [-0.39, 0.29) is 5.54 Å². The number of hydrogen-bond donors (Lipinski definition) is 1. The van der Waals surface area contributed by atoms with Crippen LogP contribution < -0.4 is 10.6 Å². The molecule has 3 aliphatic rings. The minimum atomic E-state index is -0.201. The Balaban J connectivity index is 1.59. The van der Waals surface area contributed by atoms with E-state index < -0.39 is 0 Å². The van der Waals surface area contributed by atoms with E-state index >= 15 is 0 Å². The third-order valence-corrected chi connectivity index (χ3v) is 5.76. The topological polar surface area (TPSA) is 67.9 Å². The minimum Gasteiger partial charge on any atom is -0.324 e. The monoisotopic (exact) mass is 307 g/mol. The number of rotatable bonds is 2. The SMILES string of the molecule is Cc1nccc(N2CC3CC3c3nc(C4(N)CC4C)ccc32)n1. The lowest BCUT2D eigenvalue weighted by atomic mass is 10.0. The lowest BCUT2D eigenvalue weighted by Crippen LogP contribution is -2.29. The van der Waals surface area contributed by atoms with E-state index in [1.165, 1.54) is 17.8 Å². The summed E-state index contributed by atoms with van der Waals surface area (Å²) in [4.78, 5) is 16.1. The summed E-state index contributed by atoms with van der Waals surface area (Å²) >= 11 is 0. The summed E-state index contributed by atoms with van der Waals surface area (Å²) in [6.45, 7) is 5.17. The van der Waals surface area contributed by atoms with Crippen LogP contribution in [0.15, 0.2) is 24.4 Å². The Labute approximate surface area is 136 Å². The van der Waals surface area contributed by atoms with E-state index in [1.54, 1.807) is 0 Å². The van der Waals surface area contributed by atoms with E-state index in [4.69, 9.17) is 10.7 Å². The fourth-order valence-electron chi connectivity index (χ4n) is 3.96. The smallest absolute Gasteiger partial charge is 0.136 e. The van der Waals surface area contributed by atoms with Crippen molar-refractivity contribution in [1.29, 1.82) is 0 Å². The molecule has 1 aliphatic heterocycles. The Morgan fingerprint density at radius 1 is 1.26 bits per heavy atom. The van der Waals surface area contributed by atoms with Crippen LogP contribution in [0.5, 0.6) is 0 Å². The second-order valence-corrected chi connectivity index (χ2v) is 7.42. The predicted molar refractivity (Wildman–Crippen MR) is 88.5 cm³/mol. The number of anilines is 2. The molecule has 2 aliphatic carbocycles. The Hall–Kier alpha value is -2.01. The van der Waals surface area contributed by atoms with Crippen LogP contribution in [-0.2, 0) is 5.54 Å². The fourth-order valence-corrected chi connectivity index (χ4v) is 3.96. The Kier molecular flexibility index (Phi) is 2.51. The molecule has 0 aromatic carbocycles. The quantitative estimate of drug-likeness (QED) is 0.923. The molecule has 0 amide bonds. The van der Waals surface area contributed by atoms with Gasteiger partial charge in [-0.15, -0.1) is 0 Å². The van der Waals surface area contributed by atoms with E-state index in [1.807, 2.05) is 19.2 Å². The third kappa shape index (κ3) is 1.92. The molecule has 118 valence electrons. The van der Waals surface area contributed by atoms with Gasteiger partial charge in [0.1, 0.15) is 11.6 Å². The molecule has 3 heterocycles. The highest BCUT2D eigenvalue weighted by Crippen LogP contribution is 2.56. The molecule has 4 unspecified atom stereocenters. The zero-order valence-corrected chi connectivity index (χ0v) is 13.5. The molecule has 2 aromatic rings. The zero-order chi connectivity index (χ0) is 15.8. The molecule has 5 rings (SSSR count). The maximum Gasteiger partial charge on any atom is 0.136 e. The molecule has 0 radical (unpaired) electrons. The number of aromatic nitrogens is 3. The first-order valence-electron chi connectivity index (χ1n) is 8.44. The van der Waals surface area contributed by atoms with Crippen LogP contribution in [0.4, 0.5) is 11.5 Å². The van der Waals surface area contributed by atoms with Crippen molar-refractivity contribution in [1.82, 2.24) is 15.0 Å². The Bertz CT molecular complexity index is 804. The highest BCUT2D eigenvalue weighted by molar-refractivity contribution is 5.67. The first-order valence-corrected chi connectivity index (χ1v) is 8.44. The van der Waals surface area contributed by atoms with Gasteiger partial charge in [0.25, 0.3) is 0 Å². The van der Waals surface area contributed by atoms with Crippen molar-refractivity contribution in [2.24, 2.45) is 17.6 Å². The summed E-state index contributed by atoms with van der Waals surface area (Å²) in [6.07, 6.45) is 4.11. The van der Waals surface area contributed by atoms with E-state index in [0.717, 1.165) is 30.3 Å². The van der Waals surface area contributed by atoms with Crippen molar-refractivity contribution in [3.63, 3.8) is 0 Å². The predicted octanol–water partition coefficient (Wildman–Crippen LogP) is 2.63. The summed E-state index contributed by atoms with van der Waals surface area (Å²) < 4.78 is 0. The number of nitrogens with two attached hydrogens (primary N) is 1. The van der Waals surface area contributed by atoms with Gasteiger partial charge >= 0.3 is 0 Å². The molecule has 2 saturated carbocycles. The first kappa shape index (κ1) is 13.4. The van der Waals surface area contributed by atoms with Crippen molar-refractivity contribution in [3.8, 4) is 0 Å². The van der Waals surface area contributed by atoms with Crippen LogP contribution >= 0.6 is 0 Å². The molecule has 5 nitrogen and oxygen atoms in total. The molecule has 2 aromatic heterocycles. The summed E-state index contributed by atoms with van der Waals surface area (Å²) in [5, 5.41) is 0. The highest BCUT2D eigenvalue weighted by Gasteiger charge is 2.52. The number of pyridine rings is 1. The first-order chi connectivity index (χ1) is 11.1. The van der Waals surface area contributed by atoms with Crippen molar-refractivity contribution in [2.75, 3.05) is 11.4 Å². The van der Waals surface area contributed by atoms with Crippen molar-refractivity contribution < 1.29 is 0 Å². The van der Waals surface area contributed by atoms with Gasteiger partial charge in [-0.25, -0.2) is 9.97 Å². The van der Waals surface area contributed by atoms with Crippen LogP contribution in [-0.4, -0.2) is 21.5 Å². The fraction of sp³-hybridized carbons (Fsp3) is 0.500. The van der Waals surface area contributed by atoms with Crippen molar-refractivity contribution in [2.45, 2.75) is 38.1 Å². The van der Waals surface area contributed by atoms with Gasteiger partial charge in [0.05, 0.1) is 22.6 Å². The van der Waals surface area contributed by atoms with Gasteiger partial charge in [0, 0.05) is 18.7 Å². The number of nitrogens with zero attached hydrogens (tertiary/aromatic N) is 4. The van der Waals surface area contributed by atoms with Gasteiger partial charge in [-0.3, -0.25) is 4.98 Å². The number of fused-ring (bicyclic) bond motifs is 3. The van der Waals surface area contributed by atoms with Gasteiger partial charge in [-0.05, 0) is 49.8 Å². The zero-order valence-electron chi connectivity index (χ0n) is 13.5. The molecule has 2 N–H and O–H groups in total. The maximum absolute atomic E-state index is 6.47. The molecule has 0 saturated heterocycles. The summed E-state index contributed by atoms with van der Waals surface area (Å²) in [5.41, 5.74) is 9.75. The third-order valence-electron chi connectivity index (χ3n) is 5.76. The molecule has 0 bridgehead atoms. The average Bonchev–Trinajstić information content (AvgIpc) is 3.44. The van der Waals surface area contributed by atoms with Gasteiger partial charge in [0.15, 0.2) is 0 Å². The van der Waals surface area contributed by atoms with E-state index in [0.29, 0.717) is 17.8 Å². The van der Waals surface area contributed by atoms with E-state index in [9.17, 15) is 0 Å². The molecule has 0 spiro atoms. The minimum absolute atomic E-state index is 0.201. The molecule has 4 atom stereocenters. The number of hydrogen-bond acceptors (Lipinski definition) is 5. The highest BCUT2D eigenvalue weighted by atomic mass is 15.2. The van der Waals surface area contributed by atoms with Gasteiger partial charge in [-0.2, -0.15) is 0 Å². The number of aryl methyl sites for hydroxylation is 1. The maximum atomic E-state index is 6.47. The van der Waals surface area contributed by atoms with Crippen molar-refractivity contribution in [3.05, 3.63) is 41.6 Å². The van der Waals surface area contributed by atoms with Gasteiger partial charge in [0.2, 0.25) is 0 Å². The molecular formula is C18H21N5. The lowest BCUT2D eigenvalue weighted by molar-refractivity contribution is 0.629.